The van der Waals surface area contributed by atoms with Gasteiger partial charge in [-0.3, -0.25) is 0 Å². The summed E-state index contributed by atoms with van der Waals surface area (Å²) in [7, 11) is 0. The van der Waals surface area contributed by atoms with Crippen molar-refractivity contribution < 1.29 is 4.74 Å². The fourth-order valence-electron chi connectivity index (χ4n) is 0.204. The van der Waals surface area contributed by atoms with Gasteiger partial charge in [-0.05, 0) is 13.8 Å². The first kappa shape index (κ1) is 24.6. The highest BCUT2D eigenvalue weighted by Crippen LogP contribution is 1.64. The number of rotatable bonds is 2. The number of hydrogen-bond acceptors (Lipinski definition) is 1. The molecule has 0 saturated heterocycles. The molecule has 0 saturated carbocycles. The summed E-state index contributed by atoms with van der Waals surface area (Å²) in [5.74, 6) is 0. The molecule has 0 atom stereocenters. The first-order valence-corrected chi connectivity index (χ1v) is 1.99. The zero-order valence-electron chi connectivity index (χ0n) is 3.82. The zero-order valence-corrected chi connectivity index (χ0v) is 3.82. The van der Waals surface area contributed by atoms with Gasteiger partial charge in [0.15, 0.2) is 0 Å². The molecule has 0 aliphatic rings. The van der Waals surface area contributed by atoms with E-state index in [4.69, 9.17) is 4.74 Å². The molecular weight excluding hydrogens is 100 g/mol. The van der Waals surface area contributed by atoms with Crippen LogP contribution in [0.3, 0.4) is 0 Å². The quantitative estimate of drug-likeness (QED) is 0.547. The van der Waals surface area contributed by atoms with Crippen LogP contribution in [0.5, 0.6) is 0 Å². The van der Waals surface area contributed by atoms with E-state index in [-0.39, 0.29) is 22.3 Å². The monoisotopic (exact) mass is 122 g/mol. The average Bonchev–Trinajstić information content (AvgIpc) is 1.41. The molecule has 0 spiro atoms. The van der Waals surface area contributed by atoms with Gasteiger partial charge in [0.1, 0.15) is 0 Å². The van der Waals surface area contributed by atoms with Gasteiger partial charge < -0.3 is 4.74 Å². The molecule has 0 aromatic rings. The van der Waals surface area contributed by atoms with Crippen LogP contribution >= 0.6 is 0 Å². The zero-order chi connectivity index (χ0) is 4.12. The Morgan fingerprint density at radius 2 is 1.12 bits per heavy atom. The summed E-state index contributed by atoms with van der Waals surface area (Å²) >= 11 is 0. The van der Waals surface area contributed by atoms with Gasteiger partial charge in [-0.1, -0.05) is 22.3 Å². The van der Waals surface area contributed by atoms with Crippen LogP contribution in [-0.2, 0) is 4.74 Å². The van der Waals surface area contributed by atoms with Crippen LogP contribution in [0.2, 0.25) is 0 Å². The number of hydrogen-bond donors (Lipinski definition) is 0. The van der Waals surface area contributed by atoms with E-state index in [1.54, 1.807) is 0 Å². The Morgan fingerprint density at radius 1 is 0.875 bits per heavy atom. The predicted octanol–water partition coefficient (Wildman–Crippen LogP) is 2.95. The minimum atomic E-state index is 0. The van der Waals surface area contributed by atoms with Crippen molar-refractivity contribution in [3.8, 4) is 0 Å². The summed E-state index contributed by atoms with van der Waals surface area (Å²) in [6.45, 7) is 5.67. The molecule has 0 amide bonds. The van der Waals surface area contributed by atoms with E-state index in [9.17, 15) is 0 Å². The van der Waals surface area contributed by atoms with E-state index in [0.29, 0.717) is 0 Å². The second-order valence-corrected chi connectivity index (χ2v) is 0.781. The molecule has 0 rings (SSSR count). The molecule has 0 aliphatic carbocycles. The van der Waals surface area contributed by atoms with Gasteiger partial charge in [0.25, 0.3) is 0 Å². The van der Waals surface area contributed by atoms with Crippen molar-refractivity contribution in [1.29, 1.82) is 0 Å². The number of ether oxygens (including phenoxy) is 1. The Bertz CT molecular complexity index is 11.9. The first-order chi connectivity index (χ1) is 2.41. The minimum absolute atomic E-state index is 0. The van der Waals surface area contributed by atoms with Crippen LogP contribution in [0.15, 0.2) is 0 Å². The van der Waals surface area contributed by atoms with Gasteiger partial charge in [0.2, 0.25) is 0 Å². The molecule has 8 heavy (non-hydrogen) atoms. The van der Waals surface area contributed by atoms with Crippen molar-refractivity contribution in [2.45, 2.75) is 36.1 Å². The van der Waals surface area contributed by atoms with Gasteiger partial charge in [-0.2, -0.15) is 0 Å². The van der Waals surface area contributed by atoms with Crippen LogP contribution < -0.4 is 0 Å². The van der Waals surface area contributed by atoms with Crippen molar-refractivity contribution in [1.82, 2.24) is 0 Å². The molecule has 56 valence electrons. The maximum Gasteiger partial charge on any atom is 0.0437 e. The smallest absolute Gasteiger partial charge is 0.0437 e. The molecule has 1 nitrogen and oxygen atoms in total. The lowest BCUT2D eigenvalue weighted by atomic mass is 10.8. The van der Waals surface area contributed by atoms with Crippen molar-refractivity contribution in [2.24, 2.45) is 0 Å². The third-order valence-corrected chi connectivity index (χ3v) is 0.408. The largest absolute Gasteiger partial charge is 0.382 e. The van der Waals surface area contributed by atoms with Gasteiger partial charge in [0.05, 0.1) is 0 Å². The average molecular weight is 122 g/mol. The summed E-state index contributed by atoms with van der Waals surface area (Å²) in [6.07, 6.45) is 0. The third kappa shape index (κ3) is 38.2. The van der Waals surface area contributed by atoms with Crippen LogP contribution in [-0.4, -0.2) is 13.2 Å². The Balaban J connectivity index is -0.0000000267. The lowest BCUT2D eigenvalue weighted by Crippen LogP contribution is -1.84. The maximum atomic E-state index is 4.83. The second kappa shape index (κ2) is 28.2. The summed E-state index contributed by atoms with van der Waals surface area (Å²) in [5, 5.41) is 0. The second-order valence-electron chi connectivity index (χ2n) is 0.781. The van der Waals surface area contributed by atoms with E-state index < -0.39 is 0 Å². The lowest BCUT2D eigenvalue weighted by molar-refractivity contribution is 0.162. The summed E-state index contributed by atoms with van der Waals surface area (Å²) in [6, 6.07) is 0. The van der Waals surface area contributed by atoms with E-state index in [1.165, 1.54) is 0 Å². The SMILES string of the molecule is C.C.C.CCOCC. The van der Waals surface area contributed by atoms with Crippen LogP contribution in [0.25, 0.3) is 0 Å². The normalized spacial score (nSPS) is 5.25. The molecular formula is C7H22O. The fraction of sp³-hybridized carbons (Fsp3) is 1.00. The summed E-state index contributed by atoms with van der Waals surface area (Å²) < 4.78 is 4.83. The van der Waals surface area contributed by atoms with Crippen LogP contribution in [0, 0.1) is 0 Å². The van der Waals surface area contributed by atoms with Crippen molar-refractivity contribution >= 4 is 0 Å². The molecule has 0 radical (unpaired) electrons. The first-order valence-electron chi connectivity index (χ1n) is 1.99. The molecule has 0 N–H and O–H groups in total. The molecule has 0 unspecified atom stereocenters. The predicted molar refractivity (Wildman–Crippen MR) is 42.4 cm³/mol. The van der Waals surface area contributed by atoms with E-state index in [2.05, 4.69) is 0 Å². The van der Waals surface area contributed by atoms with Crippen LogP contribution in [0.4, 0.5) is 0 Å². The highest BCUT2D eigenvalue weighted by Gasteiger charge is 1.64. The third-order valence-electron chi connectivity index (χ3n) is 0.408. The Labute approximate surface area is 55.1 Å². The van der Waals surface area contributed by atoms with Crippen LogP contribution in [0.1, 0.15) is 36.1 Å². The molecule has 0 aromatic carbocycles. The lowest BCUT2D eigenvalue weighted by Gasteiger charge is -1.86. The molecule has 0 bridgehead atoms. The van der Waals surface area contributed by atoms with Gasteiger partial charge in [-0.25, -0.2) is 0 Å². The Kier molecular flexibility index (Phi) is 86.7. The minimum Gasteiger partial charge on any atom is -0.382 e. The highest BCUT2D eigenvalue weighted by molar-refractivity contribution is 4.07. The molecule has 0 aromatic heterocycles. The Hall–Kier alpha value is -0.0400. The summed E-state index contributed by atoms with van der Waals surface area (Å²) in [4.78, 5) is 0. The maximum absolute atomic E-state index is 4.83. The molecule has 1 heteroatoms. The fourth-order valence-corrected chi connectivity index (χ4v) is 0.204. The van der Waals surface area contributed by atoms with Gasteiger partial charge >= 0.3 is 0 Å². The molecule has 0 aliphatic heterocycles. The van der Waals surface area contributed by atoms with Gasteiger partial charge in [0, 0.05) is 13.2 Å². The van der Waals surface area contributed by atoms with E-state index in [1.807, 2.05) is 13.8 Å². The summed E-state index contributed by atoms with van der Waals surface area (Å²) in [5.41, 5.74) is 0. The Morgan fingerprint density at radius 3 is 1.12 bits per heavy atom. The topological polar surface area (TPSA) is 9.23 Å². The van der Waals surface area contributed by atoms with Crippen molar-refractivity contribution in [3.63, 3.8) is 0 Å². The highest BCUT2D eigenvalue weighted by atomic mass is 16.5. The standard InChI is InChI=1S/C4H10O.3CH4/c1-3-5-4-2;;;/h3-4H2,1-2H3;3*1H4. The van der Waals surface area contributed by atoms with E-state index in [0.717, 1.165) is 13.2 Å². The van der Waals surface area contributed by atoms with Gasteiger partial charge in [-0.15, -0.1) is 0 Å². The molecule has 0 fully saturated rings. The van der Waals surface area contributed by atoms with E-state index >= 15 is 0 Å². The van der Waals surface area contributed by atoms with Crippen molar-refractivity contribution in [2.75, 3.05) is 13.2 Å². The van der Waals surface area contributed by atoms with Crippen molar-refractivity contribution in [3.05, 3.63) is 0 Å². The molecule has 0 heterocycles.